The summed E-state index contributed by atoms with van der Waals surface area (Å²) in [5.41, 5.74) is 0.316. The van der Waals surface area contributed by atoms with Crippen molar-refractivity contribution in [2.45, 2.75) is 43.7 Å². The minimum atomic E-state index is -1.36. The topological polar surface area (TPSA) is 76.4 Å². The lowest BCUT2D eigenvalue weighted by Gasteiger charge is -2.25. The Morgan fingerprint density at radius 3 is 3.17 bits per heavy atom. The first-order chi connectivity index (χ1) is 11.5. The largest absolute Gasteiger partial charge is 0.364 e. The van der Waals surface area contributed by atoms with Gasteiger partial charge in [-0.2, -0.15) is 0 Å². The molecule has 0 amide bonds. The van der Waals surface area contributed by atoms with Crippen LogP contribution in [0.5, 0.6) is 0 Å². The molecule has 0 spiro atoms. The average Bonchev–Trinajstić information content (AvgIpc) is 2.88. The van der Waals surface area contributed by atoms with Crippen molar-refractivity contribution < 1.29 is 9.84 Å². The van der Waals surface area contributed by atoms with Gasteiger partial charge in [0.25, 0.3) is 5.56 Å². The fourth-order valence-electron chi connectivity index (χ4n) is 3.58. The van der Waals surface area contributed by atoms with Gasteiger partial charge in [-0.3, -0.25) is 9.36 Å². The Hall–Kier alpha value is -0.990. The zero-order valence-corrected chi connectivity index (χ0v) is 15.2. The Bertz CT molecular complexity index is 842. The molecule has 24 heavy (non-hydrogen) atoms. The van der Waals surface area contributed by atoms with E-state index in [9.17, 15) is 9.90 Å². The van der Waals surface area contributed by atoms with E-state index in [0.717, 1.165) is 19.4 Å². The number of piperidine rings is 1. The summed E-state index contributed by atoms with van der Waals surface area (Å²) >= 11 is 9.41. The molecule has 1 aromatic carbocycles. The lowest BCUT2D eigenvalue weighted by Crippen LogP contribution is -2.41. The van der Waals surface area contributed by atoms with Crippen molar-refractivity contribution in [3.63, 3.8) is 0 Å². The van der Waals surface area contributed by atoms with Gasteiger partial charge < -0.3 is 15.2 Å². The van der Waals surface area contributed by atoms with Crippen LogP contribution in [0.25, 0.3) is 10.9 Å². The zero-order valence-electron chi connectivity index (χ0n) is 12.8. The van der Waals surface area contributed by atoms with Crippen molar-refractivity contribution in [1.29, 1.82) is 0 Å². The van der Waals surface area contributed by atoms with Gasteiger partial charge in [0.2, 0.25) is 0 Å². The molecule has 0 aliphatic carbocycles. The van der Waals surface area contributed by atoms with Crippen molar-refractivity contribution in [2.24, 2.45) is 0 Å². The second-order valence-electron chi connectivity index (χ2n) is 6.47. The maximum absolute atomic E-state index is 12.7. The standard InChI is InChI=1S/C16H17BrClN3O3/c17-10-5-12-9(4-11(10)18)15(22)21(8-20-12)7-16(23)6-13-14(24-16)2-1-3-19-13/h4-5,8,13-14,19,23H,1-3,6-7H2. The van der Waals surface area contributed by atoms with Gasteiger partial charge in [-0.05, 0) is 47.4 Å². The highest BCUT2D eigenvalue weighted by atomic mass is 79.9. The molecule has 0 bridgehead atoms. The molecule has 2 aliphatic rings. The van der Waals surface area contributed by atoms with Crippen LogP contribution in [0, 0.1) is 0 Å². The summed E-state index contributed by atoms with van der Waals surface area (Å²) in [4.78, 5) is 17.0. The van der Waals surface area contributed by atoms with Crippen LogP contribution in [0.3, 0.4) is 0 Å². The van der Waals surface area contributed by atoms with Crippen LogP contribution < -0.4 is 10.9 Å². The number of fused-ring (bicyclic) bond motifs is 2. The van der Waals surface area contributed by atoms with Gasteiger partial charge in [0.1, 0.15) is 0 Å². The van der Waals surface area contributed by atoms with Crippen molar-refractivity contribution in [1.82, 2.24) is 14.9 Å². The van der Waals surface area contributed by atoms with Gasteiger partial charge in [0, 0.05) is 16.9 Å². The third-order valence-electron chi connectivity index (χ3n) is 4.71. The molecule has 1 aromatic heterocycles. The number of aliphatic hydroxyl groups is 1. The molecular weight excluding hydrogens is 398 g/mol. The third-order valence-corrected chi connectivity index (χ3v) is 5.91. The fraction of sp³-hybridized carbons (Fsp3) is 0.500. The summed E-state index contributed by atoms with van der Waals surface area (Å²) in [6, 6.07) is 3.44. The molecule has 4 rings (SSSR count). The maximum Gasteiger partial charge on any atom is 0.261 e. The van der Waals surface area contributed by atoms with Crippen molar-refractivity contribution in [3.8, 4) is 0 Å². The number of halogens is 2. The van der Waals surface area contributed by atoms with E-state index in [0.29, 0.717) is 26.8 Å². The Kier molecular flexibility index (Phi) is 4.17. The Labute approximate surface area is 151 Å². The molecule has 6 nitrogen and oxygen atoms in total. The van der Waals surface area contributed by atoms with E-state index in [-0.39, 0.29) is 24.2 Å². The molecule has 3 atom stereocenters. The van der Waals surface area contributed by atoms with Crippen molar-refractivity contribution in [2.75, 3.05) is 6.54 Å². The molecule has 0 saturated carbocycles. The van der Waals surface area contributed by atoms with E-state index in [2.05, 4.69) is 26.2 Å². The highest BCUT2D eigenvalue weighted by molar-refractivity contribution is 9.10. The van der Waals surface area contributed by atoms with E-state index >= 15 is 0 Å². The number of hydrogen-bond acceptors (Lipinski definition) is 5. The lowest BCUT2D eigenvalue weighted by atomic mass is 9.99. The molecule has 2 aromatic rings. The smallest absolute Gasteiger partial charge is 0.261 e. The summed E-state index contributed by atoms with van der Waals surface area (Å²) < 4.78 is 7.92. The Morgan fingerprint density at radius 2 is 2.38 bits per heavy atom. The van der Waals surface area contributed by atoms with Gasteiger partial charge in [-0.1, -0.05) is 11.6 Å². The van der Waals surface area contributed by atoms with E-state index in [1.54, 1.807) is 12.1 Å². The van der Waals surface area contributed by atoms with Gasteiger partial charge in [-0.25, -0.2) is 4.98 Å². The molecule has 8 heteroatoms. The molecule has 0 radical (unpaired) electrons. The molecule has 2 aliphatic heterocycles. The van der Waals surface area contributed by atoms with Crippen LogP contribution >= 0.6 is 27.5 Å². The van der Waals surface area contributed by atoms with Gasteiger partial charge in [0.15, 0.2) is 5.79 Å². The average molecular weight is 415 g/mol. The van der Waals surface area contributed by atoms with E-state index in [1.807, 2.05) is 0 Å². The lowest BCUT2D eigenvalue weighted by molar-refractivity contribution is -0.202. The molecule has 3 heterocycles. The predicted octanol–water partition coefficient (Wildman–Crippen LogP) is 2.04. The van der Waals surface area contributed by atoms with Crippen LogP contribution in [0.4, 0.5) is 0 Å². The van der Waals surface area contributed by atoms with Crippen LogP contribution in [0.15, 0.2) is 27.7 Å². The summed E-state index contributed by atoms with van der Waals surface area (Å²) in [5.74, 6) is -1.36. The number of rotatable bonds is 2. The number of aromatic nitrogens is 2. The number of nitrogens with zero attached hydrogens (tertiary/aromatic N) is 2. The summed E-state index contributed by atoms with van der Waals surface area (Å²) in [7, 11) is 0. The SMILES string of the molecule is O=c1c2cc(Cl)c(Br)cc2ncn1CC1(O)CC2NCCCC2O1. The van der Waals surface area contributed by atoms with Crippen LogP contribution in [0.1, 0.15) is 19.3 Å². The monoisotopic (exact) mass is 413 g/mol. The number of ether oxygens (including phenoxy) is 1. The summed E-state index contributed by atoms with van der Waals surface area (Å²) in [5, 5.41) is 15.0. The zero-order chi connectivity index (χ0) is 16.9. The summed E-state index contributed by atoms with van der Waals surface area (Å²) in [6.45, 7) is 0.989. The van der Waals surface area contributed by atoms with Crippen molar-refractivity contribution >= 4 is 38.4 Å². The molecular formula is C16H17BrClN3O3. The van der Waals surface area contributed by atoms with Crippen LogP contribution in [-0.4, -0.2) is 39.1 Å². The minimum absolute atomic E-state index is 0.00160. The van der Waals surface area contributed by atoms with Gasteiger partial charge >= 0.3 is 0 Å². The first-order valence-electron chi connectivity index (χ1n) is 7.93. The molecule has 2 fully saturated rings. The van der Waals surface area contributed by atoms with Gasteiger partial charge in [-0.15, -0.1) is 0 Å². The Balaban J connectivity index is 1.66. The minimum Gasteiger partial charge on any atom is -0.364 e. The fourth-order valence-corrected chi connectivity index (χ4v) is 4.07. The molecule has 128 valence electrons. The quantitative estimate of drug-likeness (QED) is 0.786. The summed E-state index contributed by atoms with van der Waals surface area (Å²) in [6.07, 6.45) is 3.86. The normalized spacial score (nSPS) is 29.8. The van der Waals surface area contributed by atoms with Crippen LogP contribution in [0.2, 0.25) is 5.02 Å². The molecule has 2 N–H and O–H groups in total. The van der Waals surface area contributed by atoms with E-state index in [4.69, 9.17) is 16.3 Å². The van der Waals surface area contributed by atoms with Crippen molar-refractivity contribution in [3.05, 3.63) is 38.3 Å². The maximum atomic E-state index is 12.7. The van der Waals surface area contributed by atoms with E-state index in [1.165, 1.54) is 10.9 Å². The number of benzene rings is 1. The molecule has 2 saturated heterocycles. The van der Waals surface area contributed by atoms with Gasteiger partial charge in [0.05, 0.1) is 34.9 Å². The third kappa shape index (κ3) is 2.88. The first kappa shape index (κ1) is 16.5. The number of nitrogens with one attached hydrogen (secondary N) is 1. The second kappa shape index (κ2) is 6.07. The Morgan fingerprint density at radius 1 is 1.54 bits per heavy atom. The van der Waals surface area contributed by atoms with Crippen LogP contribution in [-0.2, 0) is 11.3 Å². The second-order valence-corrected chi connectivity index (χ2v) is 7.73. The highest BCUT2D eigenvalue weighted by Crippen LogP contribution is 2.34. The van der Waals surface area contributed by atoms with E-state index < -0.39 is 5.79 Å². The highest BCUT2D eigenvalue weighted by Gasteiger charge is 2.46. The number of hydrogen-bond donors (Lipinski definition) is 2. The molecule has 3 unspecified atom stereocenters. The predicted molar refractivity (Wildman–Crippen MR) is 94.2 cm³/mol. The first-order valence-corrected chi connectivity index (χ1v) is 9.10.